The molecule has 1 heterocycles. The van der Waals surface area contributed by atoms with Gasteiger partial charge >= 0.3 is 0 Å². The van der Waals surface area contributed by atoms with Gasteiger partial charge in [-0.2, -0.15) is 11.8 Å². The second-order valence-corrected chi connectivity index (χ2v) is 7.45. The summed E-state index contributed by atoms with van der Waals surface area (Å²) in [4.78, 5) is 2.48. The van der Waals surface area contributed by atoms with E-state index in [1.54, 1.807) is 0 Å². The quantitative estimate of drug-likeness (QED) is 0.878. The summed E-state index contributed by atoms with van der Waals surface area (Å²) in [6.45, 7) is 9.71. The van der Waals surface area contributed by atoms with Crippen molar-refractivity contribution in [3.8, 4) is 0 Å². The highest BCUT2D eigenvalue weighted by Gasteiger charge is 2.22. The largest absolute Gasteiger partial charge is 0.368 e. The van der Waals surface area contributed by atoms with Crippen molar-refractivity contribution in [2.24, 2.45) is 0 Å². The third kappa shape index (κ3) is 4.06. The van der Waals surface area contributed by atoms with Crippen molar-refractivity contribution in [3.05, 3.63) is 28.8 Å². The van der Waals surface area contributed by atoms with Crippen LogP contribution in [-0.4, -0.2) is 30.1 Å². The molecule has 0 amide bonds. The van der Waals surface area contributed by atoms with Crippen LogP contribution in [0.1, 0.15) is 32.8 Å². The zero-order valence-corrected chi connectivity index (χ0v) is 14.2. The molecule has 0 bridgehead atoms. The molecule has 2 nitrogen and oxygen atoms in total. The minimum atomic E-state index is 0.488. The van der Waals surface area contributed by atoms with Crippen LogP contribution < -0.4 is 10.2 Å². The average Bonchev–Trinajstić information content (AvgIpc) is 2.45. The molecule has 20 heavy (non-hydrogen) atoms. The van der Waals surface area contributed by atoms with Gasteiger partial charge in [0.1, 0.15) is 0 Å². The maximum Gasteiger partial charge on any atom is 0.0642 e. The Labute approximate surface area is 132 Å². The molecule has 1 fully saturated rings. The zero-order valence-electron chi connectivity index (χ0n) is 12.7. The normalized spacial score (nSPS) is 19.6. The summed E-state index contributed by atoms with van der Waals surface area (Å²) in [7, 11) is 0. The standard InChI is InChI=1S/C16H25ClN2S/c1-4-14-11-19(8-9-20-14)16-13(10-18-12(2)3)6-5-7-15(16)17/h5-7,12,14,18H,4,8-11H2,1-3H3. The number of rotatable bonds is 5. The molecule has 1 aromatic rings. The van der Waals surface area contributed by atoms with Gasteiger partial charge in [-0.15, -0.1) is 0 Å². The molecule has 0 aromatic heterocycles. The number of anilines is 1. The number of hydrogen-bond donors (Lipinski definition) is 1. The van der Waals surface area contributed by atoms with E-state index in [1.165, 1.54) is 23.4 Å². The van der Waals surface area contributed by atoms with Gasteiger partial charge in [-0.3, -0.25) is 0 Å². The van der Waals surface area contributed by atoms with Crippen LogP contribution in [0, 0.1) is 0 Å². The maximum atomic E-state index is 6.49. The maximum absolute atomic E-state index is 6.49. The van der Waals surface area contributed by atoms with Crippen LogP contribution in [0.2, 0.25) is 5.02 Å². The highest BCUT2D eigenvalue weighted by Crippen LogP contribution is 2.34. The fourth-order valence-electron chi connectivity index (χ4n) is 2.54. The van der Waals surface area contributed by atoms with Gasteiger partial charge in [0.25, 0.3) is 0 Å². The Morgan fingerprint density at radius 3 is 2.95 bits per heavy atom. The zero-order chi connectivity index (χ0) is 14.5. The van der Waals surface area contributed by atoms with Crippen molar-refractivity contribution >= 4 is 29.1 Å². The van der Waals surface area contributed by atoms with Crippen LogP contribution in [-0.2, 0) is 6.54 Å². The Morgan fingerprint density at radius 2 is 2.25 bits per heavy atom. The number of benzene rings is 1. The number of para-hydroxylation sites is 1. The van der Waals surface area contributed by atoms with E-state index >= 15 is 0 Å². The Kier molecular flexibility index (Phi) is 6.06. The minimum Gasteiger partial charge on any atom is -0.368 e. The molecule has 0 saturated carbocycles. The van der Waals surface area contributed by atoms with Gasteiger partial charge in [0, 0.05) is 36.7 Å². The minimum absolute atomic E-state index is 0.488. The van der Waals surface area contributed by atoms with Crippen molar-refractivity contribution in [1.82, 2.24) is 5.32 Å². The average molecular weight is 313 g/mol. The van der Waals surface area contributed by atoms with E-state index in [1.807, 2.05) is 6.07 Å². The van der Waals surface area contributed by atoms with E-state index in [0.29, 0.717) is 6.04 Å². The van der Waals surface area contributed by atoms with Gasteiger partial charge in [-0.25, -0.2) is 0 Å². The first-order valence-corrected chi connectivity index (χ1v) is 8.91. The van der Waals surface area contributed by atoms with E-state index < -0.39 is 0 Å². The molecule has 1 saturated heterocycles. The number of halogens is 1. The van der Waals surface area contributed by atoms with E-state index in [9.17, 15) is 0 Å². The van der Waals surface area contributed by atoms with Crippen LogP contribution in [0.3, 0.4) is 0 Å². The smallest absolute Gasteiger partial charge is 0.0642 e. The highest BCUT2D eigenvalue weighted by molar-refractivity contribution is 8.00. The van der Waals surface area contributed by atoms with Gasteiger partial charge < -0.3 is 10.2 Å². The molecule has 1 unspecified atom stereocenters. The third-order valence-corrected chi connectivity index (χ3v) is 5.36. The van der Waals surface area contributed by atoms with Crippen LogP contribution >= 0.6 is 23.4 Å². The molecule has 1 atom stereocenters. The predicted molar refractivity (Wildman–Crippen MR) is 92.2 cm³/mol. The Balaban J connectivity index is 2.20. The Bertz CT molecular complexity index is 436. The van der Waals surface area contributed by atoms with Gasteiger partial charge in [0.2, 0.25) is 0 Å². The fourth-order valence-corrected chi connectivity index (χ4v) is 4.03. The van der Waals surface area contributed by atoms with Crippen molar-refractivity contribution in [2.45, 2.75) is 45.0 Å². The molecular weight excluding hydrogens is 288 g/mol. The monoisotopic (exact) mass is 312 g/mol. The molecule has 1 aliphatic rings. The lowest BCUT2D eigenvalue weighted by molar-refractivity contribution is 0.587. The number of nitrogens with one attached hydrogen (secondary N) is 1. The Hall–Kier alpha value is -0.380. The van der Waals surface area contributed by atoms with Gasteiger partial charge in [0.15, 0.2) is 0 Å². The van der Waals surface area contributed by atoms with E-state index in [-0.39, 0.29) is 0 Å². The summed E-state index contributed by atoms with van der Waals surface area (Å²) in [5, 5.41) is 5.11. The SMILES string of the molecule is CCC1CN(c2c(Cl)cccc2CNC(C)C)CCS1. The second kappa shape index (κ2) is 7.58. The van der Waals surface area contributed by atoms with E-state index in [2.05, 4.69) is 54.9 Å². The Morgan fingerprint density at radius 1 is 1.45 bits per heavy atom. The molecule has 0 radical (unpaired) electrons. The summed E-state index contributed by atoms with van der Waals surface area (Å²) in [5.41, 5.74) is 2.55. The first kappa shape index (κ1) is 16.0. The molecule has 2 rings (SSSR count). The number of hydrogen-bond acceptors (Lipinski definition) is 3. The highest BCUT2D eigenvalue weighted by atomic mass is 35.5. The summed E-state index contributed by atoms with van der Waals surface area (Å²) >= 11 is 8.58. The van der Waals surface area contributed by atoms with Crippen LogP contribution in [0.5, 0.6) is 0 Å². The van der Waals surface area contributed by atoms with Crippen molar-refractivity contribution in [2.75, 3.05) is 23.7 Å². The molecule has 1 aliphatic heterocycles. The lowest BCUT2D eigenvalue weighted by atomic mass is 10.1. The molecule has 0 spiro atoms. The fraction of sp³-hybridized carbons (Fsp3) is 0.625. The molecule has 0 aliphatic carbocycles. The summed E-state index contributed by atoms with van der Waals surface area (Å²) in [6, 6.07) is 6.75. The molecular formula is C16H25ClN2S. The van der Waals surface area contributed by atoms with E-state index in [0.717, 1.165) is 29.9 Å². The lowest BCUT2D eigenvalue weighted by Gasteiger charge is -2.35. The summed E-state index contributed by atoms with van der Waals surface area (Å²) < 4.78 is 0. The first-order chi connectivity index (χ1) is 9.61. The molecule has 4 heteroatoms. The molecule has 112 valence electrons. The van der Waals surface area contributed by atoms with Gasteiger partial charge in [0.05, 0.1) is 10.7 Å². The van der Waals surface area contributed by atoms with Crippen molar-refractivity contribution in [1.29, 1.82) is 0 Å². The second-order valence-electron chi connectivity index (χ2n) is 5.63. The summed E-state index contributed by atoms with van der Waals surface area (Å²) in [6.07, 6.45) is 1.23. The number of thioether (sulfide) groups is 1. The van der Waals surface area contributed by atoms with Crippen LogP contribution in [0.25, 0.3) is 0 Å². The van der Waals surface area contributed by atoms with Gasteiger partial charge in [-0.1, -0.05) is 44.5 Å². The molecule has 1 N–H and O–H groups in total. The lowest BCUT2D eigenvalue weighted by Crippen LogP contribution is -2.38. The molecule has 1 aromatic carbocycles. The van der Waals surface area contributed by atoms with Crippen molar-refractivity contribution < 1.29 is 0 Å². The van der Waals surface area contributed by atoms with E-state index in [4.69, 9.17) is 11.6 Å². The van der Waals surface area contributed by atoms with Crippen LogP contribution in [0.15, 0.2) is 18.2 Å². The first-order valence-electron chi connectivity index (χ1n) is 7.49. The number of nitrogens with zero attached hydrogens (tertiary/aromatic N) is 1. The predicted octanol–water partition coefficient (Wildman–Crippen LogP) is 4.17. The van der Waals surface area contributed by atoms with Crippen LogP contribution in [0.4, 0.5) is 5.69 Å². The third-order valence-electron chi connectivity index (χ3n) is 3.68. The van der Waals surface area contributed by atoms with Crippen molar-refractivity contribution in [3.63, 3.8) is 0 Å². The van der Waals surface area contributed by atoms with Gasteiger partial charge in [-0.05, 0) is 18.1 Å². The summed E-state index contributed by atoms with van der Waals surface area (Å²) in [5.74, 6) is 1.20. The topological polar surface area (TPSA) is 15.3 Å².